The summed E-state index contributed by atoms with van der Waals surface area (Å²) in [6.45, 7) is 8.54. The second kappa shape index (κ2) is 6.59. The molecule has 3 rings (SSSR count). The molecular formula is C19H24N4O. The number of hydrogen-bond donors (Lipinski definition) is 0. The van der Waals surface area contributed by atoms with Crippen molar-refractivity contribution in [2.24, 2.45) is 0 Å². The third-order valence-electron chi connectivity index (χ3n) is 4.56. The van der Waals surface area contributed by atoms with Gasteiger partial charge in [0.15, 0.2) is 5.65 Å². The average molecular weight is 324 g/mol. The van der Waals surface area contributed by atoms with Gasteiger partial charge in [-0.3, -0.25) is 0 Å². The van der Waals surface area contributed by atoms with Crippen molar-refractivity contribution in [1.82, 2.24) is 19.5 Å². The van der Waals surface area contributed by atoms with Crippen molar-refractivity contribution in [2.75, 3.05) is 7.11 Å². The van der Waals surface area contributed by atoms with Gasteiger partial charge in [0, 0.05) is 41.5 Å². The monoisotopic (exact) mass is 324 g/mol. The SMILES string of the molecule is CCc1nc2c(-c3ccc(OC)nc3C)ccnc2n1C(C)CC. The Morgan fingerprint density at radius 1 is 1.12 bits per heavy atom. The highest BCUT2D eigenvalue weighted by Gasteiger charge is 2.18. The van der Waals surface area contributed by atoms with Crippen LogP contribution in [0.2, 0.25) is 0 Å². The summed E-state index contributed by atoms with van der Waals surface area (Å²) in [5.74, 6) is 1.71. The molecule has 1 atom stereocenters. The van der Waals surface area contributed by atoms with Gasteiger partial charge in [0.2, 0.25) is 5.88 Å². The van der Waals surface area contributed by atoms with Gasteiger partial charge in [-0.15, -0.1) is 0 Å². The zero-order chi connectivity index (χ0) is 17.3. The molecule has 0 radical (unpaired) electrons. The van der Waals surface area contributed by atoms with Crippen molar-refractivity contribution in [1.29, 1.82) is 0 Å². The van der Waals surface area contributed by atoms with Gasteiger partial charge in [0.05, 0.1) is 7.11 Å². The van der Waals surface area contributed by atoms with E-state index in [4.69, 9.17) is 9.72 Å². The first-order valence-corrected chi connectivity index (χ1v) is 8.48. The maximum absolute atomic E-state index is 5.22. The Kier molecular flexibility index (Phi) is 4.51. The zero-order valence-electron chi connectivity index (χ0n) is 15.0. The third-order valence-corrected chi connectivity index (χ3v) is 4.56. The number of hydrogen-bond acceptors (Lipinski definition) is 4. The van der Waals surface area contributed by atoms with Crippen LogP contribution in [0, 0.1) is 6.92 Å². The lowest BCUT2D eigenvalue weighted by molar-refractivity contribution is 0.397. The molecule has 0 aliphatic heterocycles. The van der Waals surface area contributed by atoms with Crippen LogP contribution in [-0.2, 0) is 6.42 Å². The van der Waals surface area contributed by atoms with E-state index in [0.29, 0.717) is 11.9 Å². The fraction of sp³-hybridized carbons (Fsp3) is 0.421. The van der Waals surface area contributed by atoms with Crippen molar-refractivity contribution in [2.45, 2.75) is 46.6 Å². The smallest absolute Gasteiger partial charge is 0.213 e. The molecule has 1 unspecified atom stereocenters. The molecule has 5 heteroatoms. The molecule has 0 saturated carbocycles. The van der Waals surface area contributed by atoms with Gasteiger partial charge < -0.3 is 9.30 Å². The topological polar surface area (TPSA) is 52.8 Å². The van der Waals surface area contributed by atoms with Gasteiger partial charge in [-0.05, 0) is 32.4 Å². The molecule has 3 heterocycles. The summed E-state index contributed by atoms with van der Waals surface area (Å²) in [6, 6.07) is 6.33. The average Bonchev–Trinajstić information content (AvgIpc) is 2.99. The molecular weight excluding hydrogens is 300 g/mol. The van der Waals surface area contributed by atoms with Gasteiger partial charge in [-0.1, -0.05) is 13.8 Å². The number of rotatable bonds is 5. The minimum absolute atomic E-state index is 0.378. The number of aryl methyl sites for hydroxylation is 2. The zero-order valence-corrected chi connectivity index (χ0v) is 15.0. The van der Waals surface area contributed by atoms with Crippen molar-refractivity contribution >= 4 is 11.2 Å². The highest BCUT2D eigenvalue weighted by molar-refractivity contribution is 5.90. The lowest BCUT2D eigenvalue weighted by Gasteiger charge is -2.14. The first kappa shape index (κ1) is 16.4. The molecule has 0 saturated heterocycles. The van der Waals surface area contributed by atoms with E-state index in [0.717, 1.165) is 46.7 Å². The van der Waals surface area contributed by atoms with Gasteiger partial charge in [0.1, 0.15) is 11.3 Å². The lowest BCUT2D eigenvalue weighted by Crippen LogP contribution is -2.08. The molecule has 0 aromatic carbocycles. The van der Waals surface area contributed by atoms with Crippen LogP contribution in [0.1, 0.15) is 44.8 Å². The summed E-state index contributed by atoms with van der Waals surface area (Å²) in [7, 11) is 1.63. The first-order valence-electron chi connectivity index (χ1n) is 8.48. The number of methoxy groups -OCH3 is 1. The maximum atomic E-state index is 5.22. The van der Waals surface area contributed by atoms with Crippen molar-refractivity contribution < 1.29 is 4.74 Å². The Morgan fingerprint density at radius 2 is 1.92 bits per heavy atom. The van der Waals surface area contributed by atoms with Crippen molar-refractivity contribution in [3.63, 3.8) is 0 Å². The summed E-state index contributed by atoms with van der Waals surface area (Å²) in [5.41, 5.74) is 4.97. The third kappa shape index (κ3) is 2.64. The molecule has 0 spiro atoms. The highest BCUT2D eigenvalue weighted by atomic mass is 16.5. The summed E-state index contributed by atoms with van der Waals surface area (Å²) < 4.78 is 7.49. The largest absolute Gasteiger partial charge is 0.481 e. The molecule has 5 nitrogen and oxygen atoms in total. The molecule has 3 aromatic rings. The summed E-state index contributed by atoms with van der Waals surface area (Å²) in [5, 5.41) is 0. The lowest BCUT2D eigenvalue weighted by atomic mass is 10.0. The normalized spacial score (nSPS) is 12.5. The number of nitrogens with zero attached hydrogens (tertiary/aromatic N) is 4. The maximum Gasteiger partial charge on any atom is 0.213 e. The quantitative estimate of drug-likeness (QED) is 0.700. The second-order valence-corrected chi connectivity index (χ2v) is 6.03. The van der Waals surface area contributed by atoms with Crippen LogP contribution in [0.4, 0.5) is 0 Å². The number of imidazole rings is 1. The predicted octanol–water partition coefficient (Wildman–Crippen LogP) is 4.34. The Labute approximate surface area is 142 Å². The number of aromatic nitrogens is 4. The molecule has 0 N–H and O–H groups in total. The van der Waals surface area contributed by atoms with E-state index in [-0.39, 0.29) is 0 Å². The van der Waals surface area contributed by atoms with E-state index in [1.807, 2.05) is 31.3 Å². The van der Waals surface area contributed by atoms with E-state index < -0.39 is 0 Å². The molecule has 0 aliphatic carbocycles. The van der Waals surface area contributed by atoms with E-state index >= 15 is 0 Å². The van der Waals surface area contributed by atoms with Crippen molar-refractivity contribution in [3.8, 4) is 17.0 Å². The van der Waals surface area contributed by atoms with Crippen molar-refractivity contribution in [3.05, 3.63) is 35.9 Å². The van der Waals surface area contributed by atoms with Gasteiger partial charge in [0.25, 0.3) is 0 Å². The van der Waals surface area contributed by atoms with E-state index in [2.05, 4.69) is 35.3 Å². The van der Waals surface area contributed by atoms with Gasteiger partial charge in [-0.2, -0.15) is 0 Å². The van der Waals surface area contributed by atoms with Crippen LogP contribution in [0.3, 0.4) is 0 Å². The standard InChI is InChI=1S/C19H24N4O/c1-6-12(3)23-16(7-2)22-18-15(10-11-20-19(18)23)14-8-9-17(24-5)21-13(14)4/h8-12H,6-7H2,1-5H3. The molecule has 0 aliphatic rings. The van der Waals surface area contributed by atoms with Crippen LogP contribution in [0.5, 0.6) is 5.88 Å². The minimum atomic E-state index is 0.378. The Morgan fingerprint density at radius 3 is 2.54 bits per heavy atom. The Bertz CT molecular complexity index is 869. The van der Waals surface area contributed by atoms with E-state index in [1.54, 1.807) is 7.11 Å². The molecule has 3 aromatic heterocycles. The fourth-order valence-electron chi connectivity index (χ4n) is 3.08. The van der Waals surface area contributed by atoms with Crippen LogP contribution in [0.15, 0.2) is 24.4 Å². The van der Waals surface area contributed by atoms with Gasteiger partial charge in [-0.25, -0.2) is 15.0 Å². The molecule has 0 fully saturated rings. The number of fused-ring (bicyclic) bond motifs is 1. The summed E-state index contributed by atoms with van der Waals surface area (Å²) >= 11 is 0. The highest BCUT2D eigenvalue weighted by Crippen LogP contribution is 2.32. The molecule has 0 bridgehead atoms. The molecule has 126 valence electrons. The molecule has 0 amide bonds. The fourth-order valence-corrected chi connectivity index (χ4v) is 3.08. The van der Waals surface area contributed by atoms with Crippen LogP contribution in [0.25, 0.3) is 22.3 Å². The number of ether oxygens (including phenoxy) is 1. The predicted molar refractivity (Wildman–Crippen MR) is 96.4 cm³/mol. The Hall–Kier alpha value is -2.43. The Balaban J connectivity index is 2.25. The first-order chi connectivity index (χ1) is 11.6. The van der Waals surface area contributed by atoms with Crippen LogP contribution >= 0.6 is 0 Å². The summed E-state index contributed by atoms with van der Waals surface area (Å²) in [6.07, 6.45) is 3.80. The molecule has 24 heavy (non-hydrogen) atoms. The van der Waals surface area contributed by atoms with Crippen LogP contribution in [-0.4, -0.2) is 26.6 Å². The van der Waals surface area contributed by atoms with E-state index in [1.165, 1.54) is 0 Å². The van der Waals surface area contributed by atoms with Gasteiger partial charge >= 0.3 is 0 Å². The van der Waals surface area contributed by atoms with Crippen LogP contribution < -0.4 is 4.74 Å². The minimum Gasteiger partial charge on any atom is -0.481 e. The second-order valence-electron chi connectivity index (χ2n) is 6.03. The summed E-state index contributed by atoms with van der Waals surface area (Å²) in [4.78, 5) is 14.0. The number of pyridine rings is 2. The van der Waals surface area contributed by atoms with E-state index in [9.17, 15) is 0 Å².